The molecule has 0 unspecified atom stereocenters. The van der Waals surface area contributed by atoms with Gasteiger partial charge in [-0.2, -0.15) is 9.61 Å². The van der Waals surface area contributed by atoms with Crippen molar-refractivity contribution in [2.75, 3.05) is 0 Å². The fraction of sp³-hybridized carbons (Fsp3) is 0.455. The van der Waals surface area contributed by atoms with Crippen molar-refractivity contribution in [2.24, 2.45) is 5.92 Å². The third-order valence-electron chi connectivity index (χ3n) is 2.49. The van der Waals surface area contributed by atoms with Crippen LogP contribution in [0.5, 0.6) is 0 Å². The van der Waals surface area contributed by atoms with Crippen LogP contribution in [-0.4, -0.2) is 25.0 Å². The minimum Gasteiger partial charge on any atom is -0.361 e. The summed E-state index contributed by atoms with van der Waals surface area (Å²) in [5, 5.41) is 17.6. The predicted octanol–water partition coefficient (Wildman–Crippen LogP) is 2.35. The Balaban J connectivity index is 2.03. The summed E-state index contributed by atoms with van der Waals surface area (Å²) in [5.41, 5.74) is 0.749. The molecule has 0 aliphatic carbocycles. The minimum atomic E-state index is 0.525. The molecule has 0 spiro atoms. The van der Waals surface area contributed by atoms with Gasteiger partial charge in [-0.1, -0.05) is 30.3 Å². The molecule has 0 radical (unpaired) electrons. The number of fused-ring (bicyclic) bond motifs is 1. The fourth-order valence-corrected chi connectivity index (χ4v) is 2.53. The second kappa shape index (κ2) is 4.16. The van der Waals surface area contributed by atoms with E-state index >= 15 is 0 Å². The van der Waals surface area contributed by atoms with E-state index in [4.69, 9.17) is 4.52 Å². The molecule has 3 heterocycles. The molecule has 3 aromatic heterocycles. The lowest BCUT2D eigenvalue weighted by Crippen LogP contribution is -2.01. The van der Waals surface area contributed by atoms with Gasteiger partial charge in [0.05, 0.1) is 0 Å². The maximum Gasteiger partial charge on any atom is 0.235 e. The van der Waals surface area contributed by atoms with Crippen LogP contribution in [0.2, 0.25) is 0 Å². The van der Waals surface area contributed by atoms with Gasteiger partial charge < -0.3 is 4.52 Å². The van der Waals surface area contributed by atoms with Crippen molar-refractivity contribution in [1.29, 1.82) is 0 Å². The van der Waals surface area contributed by atoms with Crippen molar-refractivity contribution >= 4 is 16.3 Å². The second-order valence-corrected chi connectivity index (χ2v) is 5.59. The lowest BCUT2D eigenvalue weighted by molar-refractivity contribution is 0.399. The first-order valence-corrected chi connectivity index (χ1v) is 6.60. The van der Waals surface area contributed by atoms with Gasteiger partial charge in [0.1, 0.15) is 11.5 Å². The Labute approximate surface area is 108 Å². The van der Waals surface area contributed by atoms with Gasteiger partial charge in [-0.15, -0.1) is 10.2 Å². The van der Waals surface area contributed by atoms with E-state index in [2.05, 4.69) is 34.3 Å². The smallest absolute Gasteiger partial charge is 0.235 e. The Kier molecular flexibility index (Phi) is 2.62. The van der Waals surface area contributed by atoms with E-state index in [9.17, 15) is 0 Å². The molecule has 7 heteroatoms. The Morgan fingerprint density at radius 2 is 2.22 bits per heavy atom. The van der Waals surface area contributed by atoms with Gasteiger partial charge in [0.25, 0.3) is 0 Å². The van der Waals surface area contributed by atoms with Crippen LogP contribution in [-0.2, 0) is 6.42 Å². The first-order valence-electron chi connectivity index (χ1n) is 5.78. The van der Waals surface area contributed by atoms with Crippen LogP contribution >= 0.6 is 11.3 Å². The van der Waals surface area contributed by atoms with Gasteiger partial charge in [-0.05, 0) is 12.8 Å². The molecule has 0 saturated heterocycles. The maximum absolute atomic E-state index is 5.06. The van der Waals surface area contributed by atoms with Gasteiger partial charge in [-0.3, -0.25) is 0 Å². The molecule has 94 valence electrons. The van der Waals surface area contributed by atoms with E-state index < -0.39 is 0 Å². The van der Waals surface area contributed by atoms with E-state index in [1.54, 1.807) is 4.52 Å². The van der Waals surface area contributed by atoms with Gasteiger partial charge in [-0.25, -0.2) is 0 Å². The lowest BCUT2D eigenvalue weighted by Gasteiger charge is -1.99. The molecular weight excluding hydrogens is 250 g/mol. The number of aryl methyl sites for hydroxylation is 1. The molecule has 0 N–H and O–H groups in total. The molecule has 0 saturated carbocycles. The average Bonchev–Trinajstić information content (AvgIpc) is 2.94. The summed E-state index contributed by atoms with van der Waals surface area (Å²) in [7, 11) is 0. The van der Waals surface area contributed by atoms with E-state index in [1.807, 2.05) is 13.0 Å². The van der Waals surface area contributed by atoms with E-state index in [0.717, 1.165) is 33.7 Å². The zero-order chi connectivity index (χ0) is 12.7. The van der Waals surface area contributed by atoms with Crippen molar-refractivity contribution in [3.05, 3.63) is 17.7 Å². The monoisotopic (exact) mass is 263 g/mol. The molecule has 0 aromatic carbocycles. The molecular formula is C11H13N5OS. The summed E-state index contributed by atoms with van der Waals surface area (Å²) < 4.78 is 6.85. The predicted molar refractivity (Wildman–Crippen MR) is 67.4 cm³/mol. The van der Waals surface area contributed by atoms with E-state index in [-0.39, 0.29) is 0 Å². The molecule has 0 atom stereocenters. The zero-order valence-corrected chi connectivity index (χ0v) is 11.2. The topological polar surface area (TPSA) is 69.1 Å². The van der Waals surface area contributed by atoms with Crippen LogP contribution in [0.25, 0.3) is 15.7 Å². The molecule has 6 nitrogen and oxygen atoms in total. The first-order chi connectivity index (χ1) is 8.63. The second-order valence-electron chi connectivity index (χ2n) is 4.64. The Bertz CT molecular complexity index is 681. The Morgan fingerprint density at radius 3 is 2.89 bits per heavy atom. The number of hydrogen-bond acceptors (Lipinski definition) is 6. The molecule has 0 fully saturated rings. The summed E-state index contributed by atoms with van der Waals surface area (Å²) in [4.78, 5) is 0.793. The maximum atomic E-state index is 5.06. The number of hydrogen-bond donors (Lipinski definition) is 0. The standard InChI is InChI=1S/C11H13N5OS/c1-6(2)4-9-12-13-11-16(9)14-10(18-11)8-5-7(3)17-15-8/h5-6H,4H2,1-3H3. The summed E-state index contributed by atoms with van der Waals surface area (Å²) in [5.74, 6) is 2.19. The van der Waals surface area contributed by atoms with Gasteiger partial charge in [0, 0.05) is 12.5 Å². The summed E-state index contributed by atoms with van der Waals surface area (Å²) in [6, 6.07) is 1.87. The van der Waals surface area contributed by atoms with Gasteiger partial charge in [0.15, 0.2) is 10.8 Å². The SMILES string of the molecule is Cc1cc(-c2nn3c(CC(C)C)nnc3s2)no1. The minimum absolute atomic E-state index is 0.525. The largest absolute Gasteiger partial charge is 0.361 e. The van der Waals surface area contributed by atoms with Crippen LogP contribution in [0, 0.1) is 12.8 Å². The van der Waals surface area contributed by atoms with Crippen LogP contribution in [0.3, 0.4) is 0 Å². The molecule has 0 aliphatic heterocycles. The molecule has 18 heavy (non-hydrogen) atoms. The normalized spacial score (nSPS) is 11.8. The molecule has 0 amide bonds. The highest BCUT2D eigenvalue weighted by Crippen LogP contribution is 2.25. The molecule has 3 rings (SSSR count). The van der Waals surface area contributed by atoms with Crippen LogP contribution in [0.4, 0.5) is 0 Å². The van der Waals surface area contributed by atoms with Crippen molar-refractivity contribution in [3.63, 3.8) is 0 Å². The number of rotatable bonds is 3. The van der Waals surface area contributed by atoms with Crippen LogP contribution < -0.4 is 0 Å². The molecule has 3 aromatic rings. The van der Waals surface area contributed by atoms with Crippen molar-refractivity contribution < 1.29 is 4.52 Å². The number of aromatic nitrogens is 5. The van der Waals surface area contributed by atoms with E-state index in [0.29, 0.717) is 5.92 Å². The third-order valence-corrected chi connectivity index (χ3v) is 3.41. The Hall–Kier alpha value is -1.76. The zero-order valence-electron chi connectivity index (χ0n) is 10.4. The lowest BCUT2D eigenvalue weighted by atomic mass is 10.1. The van der Waals surface area contributed by atoms with Crippen LogP contribution in [0.1, 0.15) is 25.4 Å². The van der Waals surface area contributed by atoms with Crippen molar-refractivity contribution in [1.82, 2.24) is 25.0 Å². The third kappa shape index (κ3) is 1.90. The fourth-order valence-electron chi connectivity index (χ4n) is 1.72. The highest BCUT2D eigenvalue weighted by molar-refractivity contribution is 7.19. The number of nitrogens with zero attached hydrogens (tertiary/aromatic N) is 5. The molecule has 0 aliphatic rings. The summed E-state index contributed by atoms with van der Waals surface area (Å²) in [6.07, 6.45) is 0.863. The van der Waals surface area contributed by atoms with Gasteiger partial charge >= 0.3 is 0 Å². The van der Waals surface area contributed by atoms with E-state index in [1.165, 1.54) is 11.3 Å². The quantitative estimate of drug-likeness (QED) is 0.725. The van der Waals surface area contributed by atoms with Crippen molar-refractivity contribution in [2.45, 2.75) is 27.2 Å². The summed E-state index contributed by atoms with van der Waals surface area (Å²) in [6.45, 7) is 6.16. The Morgan fingerprint density at radius 1 is 1.39 bits per heavy atom. The van der Waals surface area contributed by atoms with Crippen molar-refractivity contribution in [3.8, 4) is 10.7 Å². The highest BCUT2D eigenvalue weighted by Gasteiger charge is 2.15. The van der Waals surface area contributed by atoms with Crippen LogP contribution in [0.15, 0.2) is 10.6 Å². The first kappa shape index (κ1) is 11.3. The highest BCUT2D eigenvalue weighted by atomic mass is 32.1. The summed E-state index contributed by atoms with van der Waals surface area (Å²) >= 11 is 1.47. The average molecular weight is 263 g/mol. The molecule has 0 bridgehead atoms. The van der Waals surface area contributed by atoms with Gasteiger partial charge in [0.2, 0.25) is 4.96 Å².